The van der Waals surface area contributed by atoms with Crippen molar-refractivity contribution in [1.82, 2.24) is 5.32 Å². The molecule has 0 radical (unpaired) electrons. The predicted octanol–water partition coefficient (Wildman–Crippen LogP) is 1.61. The first-order chi connectivity index (χ1) is 8.22. The van der Waals surface area contributed by atoms with Gasteiger partial charge in [0, 0.05) is 42.8 Å². The molecule has 3 rings (SSSR count). The van der Waals surface area contributed by atoms with E-state index < -0.39 is 0 Å². The molecule has 90 valence electrons. The summed E-state index contributed by atoms with van der Waals surface area (Å²) in [6.45, 7) is 6.50. The smallest absolute Gasteiger partial charge is 0.152 e. The molecule has 0 unspecified atom stereocenters. The fourth-order valence-corrected chi connectivity index (χ4v) is 2.94. The lowest BCUT2D eigenvalue weighted by atomic mass is 9.81. The van der Waals surface area contributed by atoms with Crippen molar-refractivity contribution in [2.24, 2.45) is 5.41 Å². The van der Waals surface area contributed by atoms with Crippen LogP contribution in [0.5, 0.6) is 0 Å². The van der Waals surface area contributed by atoms with Gasteiger partial charge in [-0.2, -0.15) is 0 Å². The Hall–Kier alpha value is -1.35. The van der Waals surface area contributed by atoms with E-state index in [9.17, 15) is 4.79 Å². The molecule has 2 aliphatic rings. The molecule has 0 amide bonds. The van der Waals surface area contributed by atoms with E-state index in [1.165, 1.54) is 12.0 Å². The molecular formula is C14H18N2O. The minimum atomic E-state index is 0.476. The predicted molar refractivity (Wildman–Crippen MR) is 68.7 cm³/mol. The molecule has 2 aliphatic heterocycles. The van der Waals surface area contributed by atoms with Crippen LogP contribution < -0.4 is 10.2 Å². The van der Waals surface area contributed by atoms with E-state index in [-0.39, 0.29) is 0 Å². The van der Waals surface area contributed by atoms with Crippen molar-refractivity contribution in [2.45, 2.75) is 13.3 Å². The van der Waals surface area contributed by atoms with E-state index in [2.05, 4.69) is 23.2 Å². The fourth-order valence-electron chi connectivity index (χ4n) is 2.94. The molecule has 17 heavy (non-hydrogen) atoms. The molecule has 1 aromatic rings. The van der Waals surface area contributed by atoms with Crippen LogP contribution in [0.3, 0.4) is 0 Å². The number of hydrogen-bond donors (Lipinski definition) is 1. The van der Waals surface area contributed by atoms with Gasteiger partial charge in [-0.15, -0.1) is 0 Å². The summed E-state index contributed by atoms with van der Waals surface area (Å²) in [5.41, 5.74) is 3.63. The quantitative estimate of drug-likeness (QED) is 0.783. The summed E-state index contributed by atoms with van der Waals surface area (Å²) in [7, 11) is 0. The zero-order valence-electron chi connectivity index (χ0n) is 10.2. The summed E-state index contributed by atoms with van der Waals surface area (Å²) in [5.74, 6) is 0. The van der Waals surface area contributed by atoms with E-state index in [1.807, 2.05) is 12.1 Å². The molecule has 2 fully saturated rings. The first-order valence-corrected chi connectivity index (χ1v) is 6.24. The number of hydrogen-bond acceptors (Lipinski definition) is 3. The number of nitrogens with one attached hydrogen (secondary N) is 1. The lowest BCUT2D eigenvalue weighted by Gasteiger charge is -2.39. The van der Waals surface area contributed by atoms with Gasteiger partial charge in [0.05, 0.1) is 0 Å². The monoisotopic (exact) mass is 230 g/mol. The molecular weight excluding hydrogens is 212 g/mol. The van der Waals surface area contributed by atoms with Crippen molar-refractivity contribution in [2.75, 3.05) is 31.1 Å². The van der Waals surface area contributed by atoms with Gasteiger partial charge < -0.3 is 10.2 Å². The SMILES string of the molecule is Cc1ccc(C=O)c(N2CCC3(CNC3)C2)c1. The number of aldehydes is 1. The van der Waals surface area contributed by atoms with Crippen molar-refractivity contribution in [3.8, 4) is 0 Å². The summed E-state index contributed by atoms with van der Waals surface area (Å²) in [6, 6.07) is 6.07. The molecule has 2 saturated heterocycles. The Morgan fingerprint density at radius 2 is 2.24 bits per heavy atom. The Morgan fingerprint density at radius 3 is 2.82 bits per heavy atom. The number of anilines is 1. The van der Waals surface area contributed by atoms with Gasteiger partial charge in [-0.25, -0.2) is 0 Å². The Labute approximate surface area is 102 Å². The lowest BCUT2D eigenvalue weighted by molar-refractivity contribution is 0.112. The Morgan fingerprint density at radius 1 is 1.41 bits per heavy atom. The van der Waals surface area contributed by atoms with E-state index >= 15 is 0 Å². The average Bonchev–Trinajstić information content (AvgIpc) is 2.73. The molecule has 1 aromatic carbocycles. The molecule has 2 heterocycles. The number of carbonyl (C=O) groups is 1. The number of aryl methyl sites for hydroxylation is 1. The lowest BCUT2D eigenvalue weighted by Crippen LogP contribution is -2.54. The van der Waals surface area contributed by atoms with Crippen molar-refractivity contribution in [3.05, 3.63) is 29.3 Å². The van der Waals surface area contributed by atoms with Crippen LogP contribution in [0, 0.1) is 12.3 Å². The number of rotatable bonds is 2. The van der Waals surface area contributed by atoms with Crippen LogP contribution in [0.25, 0.3) is 0 Å². The van der Waals surface area contributed by atoms with Gasteiger partial charge in [0.2, 0.25) is 0 Å². The molecule has 0 aliphatic carbocycles. The number of benzene rings is 1. The van der Waals surface area contributed by atoms with Gasteiger partial charge >= 0.3 is 0 Å². The average molecular weight is 230 g/mol. The maximum Gasteiger partial charge on any atom is 0.152 e. The summed E-state index contributed by atoms with van der Waals surface area (Å²) in [5, 5.41) is 3.36. The molecule has 0 saturated carbocycles. The van der Waals surface area contributed by atoms with Gasteiger partial charge in [0.15, 0.2) is 6.29 Å². The van der Waals surface area contributed by atoms with E-state index in [0.29, 0.717) is 5.41 Å². The minimum absolute atomic E-state index is 0.476. The Kier molecular flexibility index (Phi) is 2.44. The maximum atomic E-state index is 11.1. The first kappa shape index (κ1) is 10.8. The summed E-state index contributed by atoms with van der Waals surface area (Å²) in [6.07, 6.45) is 2.21. The zero-order valence-corrected chi connectivity index (χ0v) is 10.2. The van der Waals surface area contributed by atoms with Crippen molar-refractivity contribution >= 4 is 12.0 Å². The third-order valence-corrected chi connectivity index (χ3v) is 4.09. The Balaban J connectivity index is 1.89. The second-order valence-electron chi connectivity index (χ2n) is 5.46. The topological polar surface area (TPSA) is 32.3 Å². The van der Waals surface area contributed by atoms with Gasteiger partial charge in [-0.3, -0.25) is 4.79 Å². The highest BCUT2D eigenvalue weighted by molar-refractivity contribution is 5.85. The molecule has 3 nitrogen and oxygen atoms in total. The minimum Gasteiger partial charge on any atom is -0.370 e. The van der Waals surface area contributed by atoms with Crippen LogP contribution in [-0.4, -0.2) is 32.5 Å². The summed E-state index contributed by atoms with van der Waals surface area (Å²) >= 11 is 0. The summed E-state index contributed by atoms with van der Waals surface area (Å²) in [4.78, 5) is 13.5. The van der Waals surface area contributed by atoms with E-state index in [1.54, 1.807) is 0 Å². The van der Waals surface area contributed by atoms with E-state index in [4.69, 9.17) is 0 Å². The van der Waals surface area contributed by atoms with Gasteiger partial charge in [-0.05, 0) is 31.0 Å². The Bertz CT molecular complexity index is 452. The highest BCUT2D eigenvalue weighted by atomic mass is 16.1. The van der Waals surface area contributed by atoms with Crippen LogP contribution in [0.2, 0.25) is 0 Å². The molecule has 3 heteroatoms. The largest absolute Gasteiger partial charge is 0.370 e. The molecule has 1 spiro atoms. The van der Waals surface area contributed by atoms with Crippen LogP contribution in [0.1, 0.15) is 22.3 Å². The highest BCUT2D eigenvalue weighted by Gasteiger charge is 2.43. The zero-order chi connectivity index (χ0) is 11.9. The van der Waals surface area contributed by atoms with Crippen LogP contribution >= 0.6 is 0 Å². The number of carbonyl (C=O) groups excluding carboxylic acids is 1. The van der Waals surface area contributed by atoms with E-state index in [0.717, 1.165) is 43.7 Å². The van der Waals surface area contributed by atoms with Crippen molar-refractivity contribution < 1.29 is 4.79 Å². The second kappa shape index (κ2) is 3.84. The third-order valence-electron chi connectivity index (χ3n) is 4.09. The van der Waals surface area contributed by atoms with Gasteiger partial charge in [0.1, 0.15) is 0 Å². The molecule has 0 aromatic heterocycles. The molecule has 1 N–H and O–H groups in total. The second-order valence-corrected chi connectivity index (χ2v) is 5.46. The van der Waals surface area contributed by atoms with Gasteiger partial charge in [0.25, 0.3) is 0 Å². The molecule has 0 bridgehead atoms. The van der Waals surface area contributed by atoms with Crippen molar-refractivity contribution in [1.29, 1.82) is 0 Å². The van der Waals surface area contributed by atoms with Gasteiger partial charge in [-0.1, -0.05) is 6.07 Å². The standard InChI is InChI=1S/C14H18N2O/c1-11-2-3-12(7-17)13(6-11)16-5-4-14(10-16)8-15-9-14/h2-3,6-7,15H,4-5,8-10H2,1H3. The van der Waals surface area contributed by atoms with Crippen LogP contribution in [0.4, 0.5) is 5.69 Å². The third kappa shape index (κ3) is 1.75. The number of nitrogens with zero attached hydrogens (tertiary/aromatic N) is 1. The maximum absolute atomic E-state index is 11.1. The van der Waals surface area contributed by atoms with Crippen molar-refractivity contribution in [3.63, 3.8) is 0 Å². The molecule has 0 atom stereocenters. The van der Waals surface area contributed by atoms with Crippen LogP contribution in [-0.2, 0) is 0 Å². The fraction of sp³-hybridized carbons (Fsp3) is 0.500. The normalized spacial score (nSPS) is 21.6. The van der Waals surface area contributed by atoms with Crippen LogP contribution in [0.15, 0.2) is 18.2 Å². The highest BCUT2D eigenvalue weighted by Crippen LogP contribution is 2.37. The summed E-state index contributed by atoms with van der Waals surface area (Å²) < 4.78 is 0. The first-order valence-electron chi connectivity index (χ1n) is 6.24.